The van der Waals surface area contributed by atoms with Crippen LogP contribution in [0.3, 0.4) is 0 Å². The Hall–Kier alpha value is 0.670. The summed E-state index contributed by atoms with van der Waals surface area (Å²) in [4.78, 5) is 25.7. The van der Waals surface area contributed by atoms with Gasteiger partial charge < -0.3 is 24.3 Å². The molecule has 104 valence electrons. The predicted octanol–water partition coefficient (Wildman–Crippen LogP) is 1.16. The van der Waals surface area contributed by atoms with Crippen molar-refractivity contribution >= 4 is 31.1 Å². The van der Waals surface area contributed by atoms with E-state index < -0.39 is 33.1 Å². The zero-order valence-corrected chi connectivity index (χ0v) is 12.2. The van der Waals surface area contributed by atoms with Crippen LogP contribution in [-0.4, -0.2) is 43.0 Å². The zero-order chi connectivity index (χ0) is 13.9. The molecule has 11 heteroatoms. The standard InChI is InChI=1S/C6H14BrFO7P2/c1-6(9,4-7)2-3-15-17(13,14)5(8)16(10,11)12/h5,9H,2-4H2,1H3,(H,13,14)(H2,10,11,12). The van der Waals surface area contributed by atoms with Gasteiger partial charge in [-0.05, 0) is 6.92 Å². The van der Waals surface area contributed by atoms with Gasteiger partial charge in [0.05, 0.1) is 12.2 Å². The minimum atomic E-state index is -5.34. The summed E-state index contributed by atoms with van der Waals surface area (Å²) in [5, 5.41) is 9.64. The van der Waals surface area contributed by atoms with E-state index in [-0.39, 0.29) is 11.8 Å². The zero-order valence-electron chi connectivity index (χ0n) is 8.86. The number of alkyl halides is 2. The molecule has 0 saturated heterocycles. The molecule has 0 aliphatic rings. The van der Waals surface area contributed by atoms with E-state index in [1.54, 1.807) is 0 Å². The predicted molar refractivity (Wildman–Crippen MR) is 61.8 cm³/mol. The van der Waals surface area contributed by atoms with Crippen LogP contribution in [0, 0.1) is 0 Å². The molecule has 0 aliphatic heterocycles. The van der Waals surface area contributed by atoms with E-state index in [2.05, 4.69) is 20.5 Å². The summed E-state index contributed by atoms with van der Waals surface area (Å²) in [6.07, 6.45) is -0.101. The van der Waals surface area contributed by atoms with Crippen LogP contribution in [-0.2, 0) is 13.7 Å². The normalized spacial score (nSPS) is 21.6. The van der Waals surface area contributed by atoms with Crippen molar-refractivity contribution in [3.8, 4) is 0 Å². The molecule has 0 fully saturated rings. The van der Waals surface area contributed by atoms with Crippen molar-refractivity contribution in [2.45, 2.75) is 24.6 Å². The molecule has 0 aromatic carbocycles. The quantitative estimate of drug-likeness (QED) is 0.397. The molecule has 0 rings (SSSR count). The van der Waals surface area contributed by atoms with E-state index >= 15 is 0 Å². The maximum Gasteiger partial charge on any atom is 0.374 e. The summed E-state index contributed by atoms with van der Waals surface area (Å²) in [5.74, 6) is 0. The van der Waals surface area contributed by atoms with Gasteiger partial charge in [0.1, 0.15) is 0 Å². The van der Waals surface area contributed by atoms with Gasteiger partial charge in [0.15, 0.2) is 0 Å². The molecule has 3 unspecified atom stereocenters. The van der Waals surface area contributed by atoms with Crippen molar-refractivity contribution in [1.82, 2.24) is 0 Å². The first-order valence-corrected chi connectivity index (χ1v) is 8.82. The van der Waals surface area contributed by atoms with E-state index in [1.165, 1.54) is 6.92 Å². The Morgan fingerprint density at radius 3 is 2.24 bits per heavy atom. The number of halogens is 2. The third kappa shape index (κ3) is 6.40. The van der Waals surface area contributed by atoms with Gasteiger partial charge in [0.25, 0.3) is 5.65 Å². The third-order valence-electron chi connectivity index (χ3n) is 1.75. The highest BCUT2D eigenvalue weighted by Crippen LogP contribution is 2.63. The highest BCUT2D eigenvalue weighted by atomic mass is 79.9. The summed E-state index contributed by atoms with van der Waals surface area (Å²) in [5.41, 5.74) is -4.50. The molecule has 4 N–H and O–H groups in total. The third-order valence-corrected chi connectivity index (χ3v) is 6.38. The summed E-state index contributed by atoms with van der Waals surface area (Å²) in [6.45, 7) is 0.899. The van der Waals surface area contributed by atoms with E-state index in [9.17, 15) is 18.6 Å². The topological polar surface area (TPSA) is 124 Å². The molecule has 0 amide bonds. The highest BCUT2D eigenvalue weighted by Gasteiger charge is 2.46. The van der Waals surface area contributed by atoms with Crippen LogP contribution < -0.4 is 0 Å². The number of hydrogen-bond acceptors (Lipinski definition) is 4. The van der Waals surface area contributed by atoms with Gasteiger partial charge >= 0.3 is 15.2 Å². The molecule has 0 saturated carbocycles. The summed E-state index contributed by atoms with van der Waals surface area (Å²) < 4.78 is 38.7. The Bertz CT molecular complexity index is 343. The Morgan fingerprint density at radius 2 is 1.88 bits per heavy atom. The number of hydrogen-bond donors (Lipinski definition) is 4. The van der Waals surface area contributed by atoms with Crippen molar-refractivity contribution in [3.63, 3.8) is 0 Å². The molecule has 0 bridgehead atoms. The molecule has 0 spiro atoms. The maximum absolute atomic E-state index is 12.9. The monoisotopic (exact) mass is 358 g/mol. The van der Waals surface area contributed by atoms with Gasteiger partial charge in [0, 0.05) is 11.8 Å². The van der Waals surface area contributed by atoms with Gasteiger partial charge in [-0.2, -0.15) is 0 Å². The fourth-order valence-electron chi connectivity index (χ4n) is 0.715. The second kappa shape index (κ2) is 6.21. The fraction of sp³-hybridized carbons (Fsp3) is 1.00. The molecule has 0 heterocycles. The lowest BCUT2D eigenvalue weighted by Gasteiger charge is -2.22. The number of rotatable bonds is 7. The molecule has 0 aromatic heterocycles. The van der Waals surface area contributed by atoms with Crippen LogP contribution in [0.4, 0.5) is 4.39 Å². The first-order valence-electron chi connectivity index (χ1n) is 4.37. The second-order valence-electron chi connectivity index (χ2n) is 3.68. The van der Waals surface area contributed by atoms with Gasteiger partial charge in [0.2, 0.25) is 0 Å². The molecule has 0 aliphatic carbocycles. The van der Waals surface area contributed by atoms with Crippen LogP contribution in [0.5, 0.6) is 0 Å². The minimum absolute atomic E-state index is 0.101. The first kappa shape index (κ1) is 17.7. The Labute approximate surface area is 106 Å². The van der Waals surface area contributed by atoms with E-state index in [0.717, 1.165) is 0 Å². The average molecular weight is 359 g/mol. The lowest BCUT2D eigenvalue weighted by Crippen LogP contribution is -2.27. The van der Waals surface area contributed by atoms with Crippen LogP contribution in [0.1, 0.15) is 13.3 Å². The molecular formula is C6H14BrFO7P2. The minimum Gasteiger partial charge on any atom is -0.389 e. The summed E-state index contributed by atoms with van der Waals surface area (Å²) in [7, 11) is -10.4. The van der Waals surface area contributed by atoms with Crippen LogP contribution in [0.25, 0.3) is 0 Å². The van der Waals surface area contributed by atoms with E-state index in [4.69, 9.17) is 14.7 Å². The highest BCUT2D eigenvalue weighted by molar-refractivity contribution is 9.09. The molecule has 3 atom stereocenters. The fourth-order valence-corrected chi connectivity index (χ4v) is 3.19. The first-order chi connectivity index (χ1) is 7.42. The van der Waals surface area contributed by atoms with Crippen LogP contribution in [0.2, 0.25) is 0 Å². The lowest BCUT2D eigenvalue weighted by molar-refractivity contribution is 0.0586. The van der Waals surface area contributed by atoms with E-state index in [1.807, 2.05) is 0 Å². The van der Waals surface area contributed by atoms with Crippen molar-refractivity contribution in [2.24, 2.45) is 0 Å². The molecule has 17 heavy (non-hydrogen) atoms. The van der Waals surface area contributed by atoms with Gasteiger partial charge in [-0.1, -0.05) is 15.9 Å². The molecule has 7 nitrogen and oxygen atoms in total. The van der Waals surface area contributed by atoms with Crippen LogP contribution in [0.15, 0.2) is 0 Å². The lowest BCUT2D eigenvalue weighted by atomic mass is 10.1. The Morgan fingerprint density at radius 1 is 1.41 bits per heavy atom. The van der Waals surface area contributed by atoms with Crippen molar-refractivity contribution in [2.75, 3.05) is 11.9 Å². The van der Waals surface area contributed by atoms with Crippen molar-refractivity contribution in [3.05, 3.63) is 0 Å². The summed E-state index contributed by atoms with van der Waals surface area (Å²) >= 11 is 2.98. The SMILES string of the molecule is CC(O)(CBr)CCOP(=O)(O)C(F)P(=O)(O)O. The molecule has 0 radical (unpaired) electrons. The average Bonchev–Trinajstić information content (AvgIpc) is 2.14. The van der Waals surface area contributed by atoms with Crippen LogP contribution >= 0.6 is 31.1 Å². The Kier molecular flexibility index (Phi) is 6.46. The molecular weight excluding hydrogens is 345 g/mol. The van der Waals surface area contributed by atoms with Gasteiger partial charge in [-0.3, -0.25) is 9.13 Å². The smallest absolute Gasteiger partial charge is 0.374 e. The number of aliphatic hydroxyl groups is 1. The van der Waals surface area contributed by atoms with E-state index in [0.29, 0.717) is 0 Å². The largest absolute Gasteiger partial charge is 0.389 e. The van der Waals surface area contributed by atoms with Gasteiger partial charge in [-0.25, -0.2) is 4.39 Å². The summed E-state index contributed by atoms with van der Waals surface area (Å²) in [6, 6.07) is 0. The van der Waals surface area contributed by atoms with Gasteiger partial charge in [-0.15, -0.1) is 0 Å². The Balaban J connectivity index is 4.39. The van der Waals surface area contributed by atoms with Crippen molar-refractivity contribution in [1.29, 1.82) is 0 Å². The second-order valence-corrected chi connectivity index (χ2v) is 8.12. The maximum atomic E-state index is 12.9. The molecule has 0 aromatic rings. The van der Waals surface area contributed by atoms with Crippen molar-refractivity contribution < 1.29 is 37.8 Å².